The smallest absolute Gasteiger partial charge is 0.173 e. The lowest BCUT2D eigenvalue weighted by atomic mass is 9.97. The van der Waals surface area contributed by atoms with Gasteiger partial charge < -0.3 is 0 Å². The van der Waals surface area contributed by atoms with Gasteiger partial charge in [0.05, 0.1) is 11.3 Å². The zero-order chi connectivity index (χ0) is 16.4. The number of carbonyl (C=O) groups is 1. The van der Waals surface area contributed by atoms with Crippen LogP contribution in [0.5, 0.6) is 0 Å². The summed E-state index contributed by atoms with van der Waals surface area (Å²) in [5, 5.41) is 1.84. The first kappa shape index (κ1) is 15.7. The Balaban J connectivity index is 1.84. The molecule has 0 saturated carbocycles. The molecule has 0 unspecified atom stereocenters. The summed E-state index contributed by atoms with van der Waals surface area (Å²) in [6, 6.07) is 12.0. The molecular weight excluding hydrogens is 304 g/mol. The molecule has 0 spiro atoms. The average Bonchev–Trinajstić information content (AvgIpc) is 2.52. The Kier molecular flexibility index (Phi) is 4.44. The molecule has 0 atom stereocenters. The minimum absolute atomic E-state index is 0.146. The summed E-state index contributed by atoms with van der Waals surface area (Å²) in [7, 11) is 0. The zero-order valence-corrected chi connectivity index (χ0v) is 14.3. The molecule has 1 heterocycles. The van der Waals surface area contributed by atoms with Gasteiger partial charge in [-0.15, -0.1) is 0 Å². The van der Waals surface area contributed by atoms with Crippen LogP contribution in [0.15, 0.2) is 47.8 Å². The van der Waals surface area contributed by atoms with Gasteiger partial charge in [0.25, 0.3) is 0 Å². The van der Waals surface area contributed by atoms with E-state index in [1.54, 1.807) is 6.33 Å². The molecular formula is C19H18N2OS. The van der Waals surface area contributed by atoms with Crippen LogP contribution in [0.4, 0.5) is 0 Å². The summed E-state index contributed by atoms with van der Waals surface area (Å²) in [4.78, 5) is 21.2. The molecule has 0 saturated heterocycles. The van der Waals surface area contributed by atoms with Crippen molar-refractivity contribution in [2.45, 2.75) is 25.8 Å². The molecule has 0 N–H and O–H groups in total. The molecule has 0 aliphatic heterocycles. The van der Waals surface area contributed by atoms with Crippen LogP contribution in [0.1, 0.15) is 27.0 Å². The van der Waals surface area contributed by atoms with Gasteiger partial charge in [0.1, 0.15) is 11.4 Å². The lowest BCUT2D eigenvalue weighted by Crippen LogP contribution is -2.08. The molecule has 0 bridgehead atoms. The predicted octanol–water partition coefficient (Wildman–Crippen LogP) is 4.53. The fourth-order valence-electron chi connectivity index (χ4n) is 2.92. The second-order valence-electron chi connectivity index (χ2n) is 5.68. The van der Waals surface area contributed by atoms with Crippen molar-refractivity contribution in [1.29, 1.82) is 0 Å². The minimum Gasteiger partial charge on any atom is -0.293 e. The molecule has 0 fully saturated rings. The number of hydrogen-bond donors (Lipinski definition) is 0. The van der Waals surface area contributed by atoms with E-state index >= 15 is 0 Å². The van der Waals surface area contributed by atoms with Crippen molar-refractivity contribution >= 4 is 28.4 Å². The monoisotopic (exact) mass is 322 g/mol. The Morgan fingerprint density at radius 2 is 1.74 bits per heavy atom. The first-order valence-corrected chi connectivity index (χ1v) is 8.48. The zero-order valence-electron chi connectivity index (χ0n) is 13.5. The van der Waals surface area contributed by atoms with Crippen LogP contribution in [-0.2, 0) is 0 Å². The number of aryl methyl sites for hydroxylation is 3. The number of ketones is 1. The Bertz CT molecular complexity index is 861. The standard InChI is InChI=1S/C19H18N2OS/c1-12-8-13(2)18(14(3)9-12)17(22)10-23-19-15-6-4-5-7-16(15)20-11-21-19/h4-9,11H,10H2,1-3H3. The minimum atomic E-state index is 0.146. The molecule has 3 aromatic rings. The van der Waals surface area contributed by atoms with E-state index in [-0.39, 0.29) is 5.78 Å². The Morgan fingerprint density at radius 1 is 1.04 bits per heavy atom. The third-order valence-electron chi connectivity index (χ3n) is 3.80. The molecule has 23 heavy (non-hydrogen) atoms. The normalized spacial score (nSPS) is 10.9. The summed E-state index contributed by atoms with van der Waals surface area (Å²) < 4.78 is 0. The Morgan fingerprint density at radius 3 is 2.48 bits per heavy atom. The van der Waals surface area contributed by atoms with Crippen LogP contribution in [0, 0.1) is 20.8 Å². The largest absolute Gasteiger partial charge is 0.293 e. The van der Waals surface area contributed by atoms with Gasteiger partial charge in [-0.25, -0.2) is 9.97 Å². The second-order valence-corrected chi connectivity index (χ2v) is 6.65. The second kappa shape index (κ2) is 6.50. The van der Waals surface area contributed by atoms with Gasteiger partial charge in [0.2, 0.25) is 0 Å². The van der Waals surface area contributed by atoms with E-state index in [2.05, 4.69) is 29.0 Å². The van der Waals surface area contributed by atoms with Crippen molar-refractivity contribution < 1.29 is 4.79 Å². The Labute approximate surface area is 140 Å². The van der Waals surface area contributed by atoms with Crippen LogP contribution in [0.2, 0.25) is 0 Å². The van der Waals surface area contributed by atoms with E-state index in [1.807, 2.05) is 38.1 Å². The van der Waals surface area contributed by atoms with Crippen LogP contribution in [0.25, 0.3) is 10.9 Å². The quantitative estimate of drug-likeness (QED) is 0.402. The summed E-state index contributed by atoms with van der Waals surface area (Å²) in [6.07, 6.45) is 1.55. The van der Waals surface area contributed by atoms with Crippen molar-refractivity contribution in [2.75, 3.05) is 5.75 Å². The number of hydrogen-bond acceptors (Lipinski definition) is 4. The summed E-state index contributed by atoms with van der Waals surface area (Å²) in [5.41, 5.74) is 5.01. The summed E-state index contributed by atoms with van der Waals surface area (Å²) >= 11 is 1.47. The molecule has 0 radical (unpaired) electrons. The van der Waals surface area contributed by atoms with Crippen LogP contribution < -0.4 is 0 Å². The van der Waals surface area contributed by atoms with Crippen molar-refractivity contribution in [2.24, 2.45) is 0 Å². The highest BCUT2D eigenvalue weighted by atomic mass is 32.2. The van der Waals surface area contributed by atoms with Crippen molar-refractivity contribution in [3.8, 4) is 0 Å². The highest BCUT2D eigenvalue weighted by Gasteiger charge is 2.14. The number of para-hydroxylation sites is 1. The van der Waals surface area contributed by atoms with E-state index in [9.17, 15) is 4.79 Å². The van der Waals surface area contributed by atoms with Crippen LogP contribution >= 0.6 is 11.8 Å². The van der Waals surface area contributed by atoms with Crippen molar-refractivity contribution in [3.05, 3.63) is 65.0 Å². The number of Topliss-reactive ketones (excluding diaryl/α,β-unsaturated/α-hetero) is 1. The van der Waals surface area contributed by atoms with Gasteiger partial charge in [-0.3, -0.25) is 4.79 Å². The van der Waals surface area contributed by atoms with Gasteiger partial charge in [-0.05, 0) is 38.0 Å². The third-order valence-corrected chi connectivity index (χ3v) is 4.81. The number of thioether (sulfide) groups is 1. The highest BCUT2D eigenvalue weighted by Crippen LogP contribution is 2.26. The predicted molar refractivity (Wildman–Crippen MR) is 95.2 cm³/mol. The van der Waals surface area contributed by atoms with E-state index in [0.717, 1.165) is 32.6 Å². The maximum absolute atomic E-state index is 12.6. The number of benzene rings is 2. The fourth-order valence-corrected chi connectivity index (χ4v) is 3.78. The third kappa shape index (κ3) is 3.27. The first-order valence-electron chi connectivity index (χ1n) is 7.50. The van der Waals surface area contributed by atoms with Gasteiger partial charge >= 0.3 is 0 Å². The topological polar surface area (TPSA) is 42.9 Å². The molecule has 3 rings (SSSR count). The van der Waals surface area contributed by atoms with Crippen LogP contribution in [0.3, 0.4) is 0 Å². The van der Waals surface area contributed by atoms with E-state index in [4.69, 9.17) is 0 Å². The molecule has 4 heteroatoms. The molecule has 0 amide bonds. The lowest BCUT2D eigenvalue weighted by molar-refractivity contribution is 0.102. The van der Waals surface area contributed by atoms with E-state index in [0.29, 0.717) is 5.75 Å². The highest BCUT2D eigenvalue weighted by molar-refractivity contribution is 8.00. The number of rotatable bonds is 4. The van der Waals surface area contributed by atoms with Crippen LogP contribution in [-0.4, -0.2) is 21.5 Å². The van der Waals surface area contributed by atoms with Crippen molar-refractivity contribution in [3.63, 3.8) is 0 Å². The van der Waals surface area contributed by atoms with E-state index < -0.39 is 0 Å². The summed E-state index contributed by atoms with van der Waals surface area (Å²) in [6.45, 7) is 6.05. The summed E-state index contributed by atoms with van der Waals surface area (Å²) in [5.74, 6) is 0.527. The maximum Gasteiger partial charge on any atom is 0.173 e. The van der Waals surface area contributed by atoms with Crippen molar-refractivity contribution in [1.82, 2.24) is 9.97 Å². The fraction of sp³-hybridized carbons (Fsp3) is 0.211. The number of carbonyl (C=O) groups excluding carboxylic acids is 1. The number of aromatic nitrogens is 2. The van der Waals surface area contributed by atoms with E-state index in [1.165, 1.54) is 17.3 Å². The molecule has 0 aliphatic rings. The lowest BCUT2D eigenvalue weighted by Gasteiger charge is -2.10. The SMILES string of the molecule is Cc1cc(C)c(C(=O)CSc2ncnc3ccccc23)c(C)c1. The number of nitrogens with zero attached hydrogens (tertiary/aromatic N) is 2. The maximum atomic E-state index is 12.6. The first-order chi connectivity index (χ1) is 11.1. The van der Waals surface area contributed by atoms with Gasteiger partial charge in [-0.1, -0.05) is 47.7 Å². The average molecular weight is 322 g/mol. The molecule has 116 valence electrons. The molecule has 3 nitrogen and oxygen atoms in total. The van der Waals surface area contributed by atoms with Gasteiger partial charge in [0.15, 0.2) is 5.78 Å². The Hall–Kier alpha value is -2.20. The van der Waals surface area contributed by atoms with Gasteiger partial charge in [0, 0.05) is 10.9 Å². The van der Waals surface area contributed by atoms with Gasteiger partial charge in [-0.2, -0.15) is 0 Å². The molecule has 0 aliphatic carbocycles. The number of fused-ring (bicyclic) bond motifs is 1. The molecule has 2 aromatic carbocycles. The molecule has 1 aromatic heterocycles.